The lowest BCUT2D eigenvalue weighted by molar-refractivity contribution is -0.115. The van der Waals surface area contributed by atoms with Crippen LogP contribution in [0.5, 0.6) is 0 Å². The molecule has 0 atom stereocenters. The number of hydrogen-bond donors (Lipinski definition) is 0. The number of hydrogen-bond acceptors (Lipinski definition) is 6. The van der Waals surface area contributed by atoms with Crippen molar-refractivity contribution in [3.05, 3.63) is 67.3 Å². The van der Waals surface area contributed by atoms with Crippen LogP contribution in [0.2, 0.25) is 0 Å². The predicted octanol–water partition coefficient (Wildman–Crippen LogP) is 5.85. The van der Waals surface area contributed by atoms with Gasteiger partial charge in [0.2, 0.25) is 0 Å². The molecule has 0 spiro atoms. The molecule has 2 aliphatic rings. The molecule has 0 aliphatic carbocycles. The minimum absolute atomic E-state index is 0.310. The van der Waals surface area contributed by atoms with Crippen molar-refractivity contribution in [3.63, 3.8) is 0 Å². The van der Waals surface area contributed by atoms with Gasteiger partial charge >= 0.3 is 0 Å². The normalized spacial score (nSPS) is 19.9. The van der Waals surface area contributed by atoms with E-state index in [0.717, 1.165) is 32.5 Å². The van der Waals surface area contributed by atoms with Gasteiger partial charge in [0.1, 0.15) is 0 Å². The van der Waals surface area contributed by atoms with Crippen LogP contribution in [0.4, 0.5) is 11.4 Å². The molecule has 0 aromatic heterocycles. The first-order chi connectivity index (χ1) is 13.4. The first kappa shape index (κ1) is 20.2. The van der Waals surface area contributed by atoms with Crippen LogP contribution < -0.4 is 9.80 Å². The minimum Gasteiger partial charge on any atom is -0.268 e. The molecule has 4 nitrogen and oxygen atoms in total. The molecule has 0 N–H and O–H groups in total. The van der Waals surface area contributed by atoms with Gasteiger partial charge in [0.05, 0.1) is 21.2 Å². The second kappa shape index (κ2) is 8.00. The van der Waals surface area contributed by atoms with Crippen molar-refractivity contribution in [3.8, 4) is 0 Å². The average Bonchev–Trinajstić information content (AvgIpc) is 3.12. The molecular weight excluding hydrogens is 564 g/mol. The van der Waals surface area contributed by atoms with Crippen LogP contribution in [0.15, 0.2) is 67.3 Å². The number of thioether (sulfide) groups is 2. The Morgan fingerprint density at radius 3 is 1.29 bits per heavy atom. The third-order valence-electron chi connectivity index (χ3n) is 3.91. The smallest absolute Gasteiger partial charge is 0.268 e. The number of anilines is 2. The zero-order valence-electron chi connectivity index (χ0n) is 13.7. The molecule has 4 rings (SSSR count). The van der Waals surface area contributed by atoms with E-state index >= 15 is 0 Å². The number of benzene rings is 2. The van der Waals surface area contributed by atoms with Crippen LogP contribution in [-0.2, 0) is 9.59 Å². The van der Waals surface area contributed by atoms with E-state index in [0.29, 0.717) is 29.8 Å². The summed E-state index contributed by atoms with van der Waals surface area (Å²) in [5.41, 5.74) is 1.31. The Bertz CT molecular complexity index is 982. The lowest BCUT2D eigenvalue weighted by Gasteiger charge is -2.15. The lowest BCUT2D eigenvalue weighted by Crippen LogP contribution is -2.29. The van der Waals surface area contributed by atoms with E-state index in [9.17, 15) is 9.59 Å². The number of halogens is 2. The third kappa shape index (κ3) is 3.61. The van der Waals surface area contributed by atoms with E-state index < -0.39 is 0 Å². The van der Waals surface area contributed by atoms with Crippen molar-refractivity contribution in [1.82, 2.24) is 0 Å². The van der Waals surface area contributed by atoms with Crippen molar-refractivity contribution in [2.45, 2.75) is 0 Å². The number of carbonyl (C=O) groups is 2. The Morgan fingerprint density at radius 2 is 0.964 bits per heavy atom. The first-order valence-electron chi connectivity index (χ1n) is 7.75. The van der Waals surface area contributed by atoms with Gasteiger partial charge in [-0.25, -0.2) is 0 Å². The Balaban J connectivity index is 1.69. The summed E-state index contributed by atoms with van der Waals surface area (Å²) in [5, 5.41) is 0. The van der Waals surface area contributed by atoms with E-state index in [4.69, 9.17) is 24.4 Å². The van der Waals surface area contributed by atoms with E-state index in [-0.39, 0.29) is 11.8 Å². The summed E-state index contributed by atoms with van der Waals surface area (Å²) in [6.07, 6.45) is 0. The maximum absolute atomic E-state index is 13.0. The molecule has 28 heavy (non-hydrogen) atoms. The van der Waals surface area contributed by atoms with Crippen LogP contribution >= 0.6 is 79.8 Å². The fraction of sp³-hybridized carbons (Fsp3) is 0. The highest BCUT2D eigenvalue weighted by atomic mass is 79.9. The molecule has 140 valence electrons. The SMILES string of the molecule is O=C1C(=C2SC(=S)N(c3ccc(Br)cc3)C2=O)SC(=S)N1c1ccc(Br)cc1. The molecule has 0 saturated carbocycles. The summed E-state index contributed by atoms with van der Waals surface area (Å²) in [4.78, 5) is 29.6. The molecule has 10 heteroatoms. The number of nitrogens with zero attached hydrogens (tertiary/aromatic N) is 2. The zero-order chi connectivity index (χ0) is 20.0. The maximum atomic E-state index is 13.0. The van der Waals surface area contributed by atoms with Crippen LogP contribution in [0, 0.1) is 0 Å². The maximum Gasteiger partial charge on any atom is 0.272 e. The highest BCUT2D eigenvalue weighted by Gasteiger charge is 2.43. The molecule has 2 heterocycles. The Morgan fingerprint density at radius 1 is 0.643 bits per heavy atom. The lowest BCUT2D eigenvalue weighted by atomic mass is 10.2. The molecule has 0 unspecified atom stereocenters. The van der Waals surface area contributed by atoms with Gasteiger partial charge < -0.3 is 0 Å². The van der Waals surface area contributed by atoms with Crippen molar-refractivity contribution >= 4 is 112 Å². The van der Waals surface area contributed by atoms with Crippen molar-refractivity contribution < 1.29 is 9.59 Å². The highest BCUT2D eigenvalue weighted by molar-refractivity contribution is 9.10. The minimum atomic E-state index is -0.311. The number of rotatable bonds is 2. The second-order valence-electron chi connectivity index (χ2n) is 5.63. The summed E-state index contributed by atoms with van der Waals surface area (Å²) >= 11 is 19.8. The van der Waals surface area contributed by atoms with Crippen LogP contribution in [0.1, 0.15) is 0 Å². The van der Waals surface area contributed by atoms with Crippen molar-refractivity contribution in [2.75, 3.05) is 9.80 Å². The van der Waals surface area contributed by atoms with Crippen LogP contribution in [-0.4, -0.2) is 20.5 Å². The number of thiocarbonyl (C=S) groups is 2. The third-order valence-corrected chi connectivity index (χ3v) is 7.85. The second-order valence-corrected chi connectivity index (χ2v) is 10.7. The molecule has 2 aromatic rings. The number of amides is 2. The summed E-state index contributed by atoms with van der Waals surface area (Å²) in [7, 11) is 0. The molecular formula is C18H8Br2N2O2S4. The van der Waals surface area contributed by atoms with Gasteiger partial charge in [-0.15, -0.1) is 0 Å². The molecule has 2 aromatic carbocycles. The van der Waals surface area contributed by atoms with E-state index in [2.05, 4.69) is 31.9 Å². The largest absolute Gasteiger partial charge is 0.272 e. The van der Waals surface area contributed by atoms with E-state index in [1.54, 1.807) is 24.3 Å². The predicted molar refractivity (Wildman–Crippen MR) is 131 cm³/mol. The zero-order valence-corrected chi connectivity index (χ0v) is 20.2. The van der Waals surface area contributed by atoms with Crippen LogP contribution in [0.3, 0.4) is 0 Å². The van der Waals surface area contributed by atoms with Gasteiger partial charge in [0.15, 0.2) is 8.64 Å². The van der Waals surface area contributed by atoms with Gasteiger partial charge in [0, 0.05) is 8.95 Å². The summed E-state index contributed by atoms with van der Waals surface area (Å²) in [5.74, 6) is -0.623. The van der Waals surface area contributed by atoms with E-state index in [1.165, 1.54) is 9.80 Å². The van der Waals surface area contributed by atoms with Crippen molar-refractivity contribution in [1.29, 1.82) is 0 Å². The van der Waals surface area contributed by atoms with Gasteiger partial charge in [-0.05, 0) is 48.5 Å². The fourth-order valence-corrected chi connectivity index (χ4v) is 5.92. The fourth-order valence-electron chi connectivity index (χ4n) is 2.63. The molecule has 0 bridgehead atoms. The standard InChI is InChI=1S/C18H8Br2N2O2S4/c19-9-1-5-11(6-2-9)21-15(23)13(27-17(21)25)14-16(24)22(18(26)28-14)12-7-3-10(20)4-8-12/h1-8H. The molecule has 2 saturated heterocycles. The summed E-state index contributed by atoms with van der Waals surface area (Å²) in [6, 6.07) is 14.5. The summed E-state index contributed by atoms with van der Waals surface area (Å²) < 4.78 is 2.57. The topological polar surface area (TPSA) is 40.6 Å². The van der Waals surface area contributed by atoms with Gasteiger partial charge in [-0.2, -0.15) is 0 Å². The van der Waals surface area contributed by atoms with E-state index in [1.807, 2.05) is 24.3 Å². The van der Waals surface area contributed by atoms with Gasteiger partial charge in [-0.3, -0.25) is 19.4 Å². The monoisotopic (exact) mass is 570 g/mol. The number of carbonyl (C=O) groups excluding carboxylic acids is 2. The Hall–Kier alpha value is -1.04. The molecule has 0 radical (unpaired) electrons. The van der Waals surface area contributed by atoms with Crippen LogP contribution in [0.25, 0.3) is 0 Å². The summed E-state index contributed by atoms with van der Waals surface area (Å²) in [6.45, 7) is 0. The molecule has 2 aliphatic heterocycles. The Kier molecular flexibility index (Phi) is 5.78. The molecule has 2 amide bonds. The molecule has 2 fully saturated rings. The van der Waals surface area contributed by atoms with Crippen molar-refractivity contribution in [2.24, 2.45) is 0 Å². The highest BCUT2D eigenvalue weighted by Crippen LogP contribution is 2.44. The average molecular weight is 572 g/mol. The first-order valence-corrected chi connectivity index (χ1v) is 11.8. The quantitative estimate of drug-likeness (QED) is 0.332. The van der Waals surface area contributed by atoms with Gasteiger partial charge in [0.25, 0.3) is 11.8 Å². The Labute approximate surface area is 197 Å². The van der Waals surface area contributed by atoms with Gasteiger partial charge in [-0.1, -0.05) is 79.8 Å².